The first-order valence-electron chi connectivity index (χ1n) is 6.26. The number of ketones is 1. The molecule has 0 radical (unpaired) electrons. The van der Waals surface area contributed by atoms with Crippen LogP contribution in [0.3, 0.4) is 0 Å². The van der Waals surface area contributed by atoms with Gasteiger partial charge in [0.2, 0.25) is 0 Å². The van der Waals surface area contributed by atoms with E-state index in [1.54, 1.807) is 0 Å². The average molecular weight is 294 g/mol. The van der Waals surface area contributed by atoms with Crippen LogP contribution in [0.1, 0.15) is 24.8 Å². The van der Waals surface area contributed by atoms with Crippen LogP contribution in [0.5, 0.6) is 0 Å². The van der Waals surface area contributed by atoms with Crippen LogP contribution in [-0.4, -0.2) is 17.9 Å². The van der Waals surface area contributed by atoms with Crippen LogP contribution in [0.2, 0.25) is 0 Å². The molecule has 3 unspecified atom stereocenters. The smallest absolute Gasteiger partial charge is 0.139 e. The Morgan fingerprint density at radius 3 is 2.94 bits per heavy atom. The molecule has 2 aliphatic heterocycles. The summed E-state index contributed by atoms with van der Waals surface area (Å²) in [5.41, 5.74) is 1.25. The van der Waals surface area contributed by atoms with Gasteiger partial charge >= 0.3 is 0 Å². The first-order valence-corrected chi connectivity index (χ1v) is 7.05. The zero-order valence-electron chi connectivity index (χ0n) is 9.66. The molecule has 2 fully saturated rings. The van der Waals surface area contributed by atoms with Crippen molar-refractivity contribution in [3.05, 3.63) is 34.3 Å². The maximum absolute atomic E-state index is 12.1. The summed E-state index contributed by atoms with van der Waals surface area (Å²) in [6.07, 6.45) is 3.92. The summed E-state index contributed by atoms with van der Waals surface area (Å²) >= 11 is 3.56. The minimum Gasteiger partial charge on any atom is -0.310 e. The third-order valence-corrected chi connectivity index (χ3v) is 4.79. The number of Topliss-reactive ketones (excluding diaryl/α,β-unsaturated/α-hetero) is 1. The quantitative estimate of drug-likeness (QED) is 0.908. The van der Waals surface area contributed by atoms with E-state index < -0.39 is 0 Å². The molecule has 0 aliphatic carbocycles. The van der Waals surface area contributed by atoms with Crippen LogP contribution in [-0.2, 0) is 11.2 Å². The summed E-state index contributed by atoms with van der Waals surface area (Å²) in [5, 5.41) is 3.57. The number of carbonyl (C=O) groups excluding carboxylic acids is 1. The number of rotatable bonds is 2. The Balaban J connectivity index is 1.80. The Morgan fingerprint density at radius 1 is 1.29 bits per heavy atom. The third kappa shape index (κ3) is 2.18. The van der Waals surface area contributed by atoms with E-state index in [9.17, 15) is 4.79 Å². The monoisotopic (exact) mass is 293 g/mol. The molecule has 0 spiro atoms. The number of benzene rings is 1. The van der Waals surface area contributed by atoms with E-state index in [2.05, 4.69) is 27.3 Å². The van der Waals surface area contributed by atoms with Crippen molar-refractivity contribution in [3.63, 3.8) is 0 Å². The first-order chi connectivity index (χ1) is 8.24. The fourth-order valence-corrected chi connectivity index (χ4v) is 3.55. The van der Waals surface area contributed by atoms with Crippen molar-refractivity contribution in [2.24, 2.45) is 5.92 Å². The number of nitrogens with one attached hydrogen (secondary N) is 1. The number of fused-ring (bicyclic) bond motifs is 2. The molecule has 1 aromatic carbocycles. The Bertz CT molecular complexity index is 446. The van der Waals surface area contributed by atoms with Crippen LogP contribution in [0.15, 0.2) is 28.7 Å². The summed E-state index contributed by atoms with van der Waals surface area (Å²) < 4.78 is 1.12. The van der Waals surface area contributed by atoms with Gasteiger partial charge in [-0.15, -0.1) is 0 Å². The van der Waals surface area contributed by atoms with E-state index in [1.165, 1.54) is 12.0 Å². The molecule has 2 aliphatic rings. The number of piperidine rings is 1. The topological polar surface area (TPSA) is 29.1 Å². The molecule has 90 valence electrons. The highest BCUT2D eigenvalue weighted by Crippen LogP contribution is 2.32. The minimum absolute atomic E-state index is 0.174. The van der Waals surface area contributed by atoms with Crippen molar-refractivity contribution in [1.29, 1.82) is 0 Å². The number of carbonyl (C=O) groups is 1. The third-order valence-electron chi connectivity index (χ3n) is 4.02. The van der Waals surface area contributed by atoms with Crippen LogP contribution >= 0.6 is 15.9 Å². The maximum atomic E-state index is 12.1. The second-order valence-corrected chi connectivity index (χ2v) is 5.97. The van der Waals surface area contributed by atoms with Crippen LogP contribution < -0.4 is 5.32 Å². The van der Waals surface area contributed by atoms with E-state index in [1.807, 2.05) is 18.2 Å². The predicted octanol–water partition coefficient (Wildman–Crippen LogP) is 2.70. The van der Waals surface area contributed by atoms with Gasteiger partial charge < -0.3 is 5.32 Å². The lowest BCUT2D eigenvalue weighted by molar-refractivity contribution is -0.125. The molecule has 2 nitrogen and oxygen atoms in total. The molecule has 3 heteroatoms. The van der Waals surface area contributed by atoms with Gasteiger partial charge in [-0.25, -0.2) is 0 Å². The zero-order valence-corrected chi connectivity index (χ0v) is 11.2. The van der Waals surface area contributed by atoms with Crippen LogP contribution in [0.4, 0.5) is 0 Å². The Morgan fingerprint density at radius 2 is 2.12 bits per heavy atom. The molecule has 1 aromatic rings. The van der Waals surface area contributed by atoms with Gasteiger partial charge in [-0.1, -0.05) is 34.1 Å². The molecule has 0 amide bonds. The molecule has 3 rings (SSSR count). The predicted molar refractivity (Wildman–Crippen MR) is 70.9 cm³/mol. The highest BCUT2D eigenvalue weighted by atomic mass is 79.9. The zero-order chi connectivity index (χ0) is 11.8. The molecule has 17 heavy (non-hydrogen) atoms. The van der Waals surface area contributed by atoms with Crippen molar-refractivity contribution in [1.82, 2.24) is 5.32 Å². The van der Waals surface area contributed by atoms with Gasteiger partial charge in [-0.05, 0) is 30.9 Å². The number of halogens is 1. The lowest BCUT2D eigenvalue weighted by Crippen LogP contribution is -2.46. The lowest BCUT2D eigenvalue weighted by atomic mass is 9.85. The second kappa shape index (κ2) is 4.54. The van der Waals surface area contributed by atoms with Crippen molar-refractivity contribution >= 4 is 21.7 Å². The van der Waals surface area contributed by atoms with Crippen molar-refractivity contribution in [2.75, 3.05) is 0 Å². The molecule has 0 saturated carbocycles. The molecular weight excluding hydrogens is 278 g/mol. The van der Waals surface area contributed by atoms with Crippen molar-refractivity contribution in [2.45, 2.75) is 37.8 Å². The van der Waals surface area contributed by atoms with Crippen LogP contribution in [0.25, 0.3) is 0 Å². The maximum Gasteiger partial charge on any atom is 0.139 e. The van der Waals surface area contributed by atoms with Gasteiger partial charge in [-0.2, -0.15) is 0 Å². The Kier molecular flexibility index (Phi) is 3.05. The van der Waals surface area contributed by atoms with Crippen molar-refractivity contribution < 1.29 is 4.79 Å². The lowest BCUT2D eigenvalue weighted by Gasteiger charge is -2.29. The molecule has 2 saturated heterocycles. The van der Waals surface area contributed by atoms with Gasteiger partial charge in [0.15, 0.2) is 0 Å². The second-order valence-electron chi connectivity index (χ2n) is 5.12. The van der Waals surface area contributed by atoms with E-state index in [-0.39, 0.29) is 5.92 Å². The van der Waals surface area contributed by atoms with Crippen molar-refractivity contribution in [3.8, 4) is 0 Å². The molecule has 3 atom stereocenters. The number of hydrogen-bond acceptors (Lipinski definition) is 2. The SMILES string of the molecule is O=C1CC2CCC(N2)C1Cc1ccccc1Br. The van der Waals surface area contributed by atoms with Gasteiger partial charge in [-0.3, -0.25) is 4.79 Å². The molecule has 0 aromatic heterocycles. The highest BCUT2D eigenvalue weighted by molar-refractivity contribution is 9.10. The molecule has 1 N–H and O–H groups in total. The highest BCUT2D eigenvalue weighted by Gasteiger charge is 2.40. The molecule has 2 bridgehead atoms. The summed E-state index contributed by atoms with van der Waals surface area (Å²) in [4.78, 5) is 12.1. The standard InChI is InChI=1S/C14H16BrNO/c15-12-4-2-1-3-9(12)7-11-13-6-5-10(16-13)8-14(11)17/h1-4,10-11,13,16H,5-8H2. The van der Waals surface area contributed by atoms with E-state index in [0.29, 0.717) is 17.9 Å². The minimum atomic E-state index is 0.174. The van der Waals surface area contributed by atoms with Gasteiger partial charge in [0, 0.05) is 28.9 Å². The average Bonchev–Trinajstić information content (AvgIpc) is 2.70. The fourth-order valence-electron chi connectivity index (χ4n) is 3.10. The summed E-state index contributed by atoms with van der Waals surface area (Å²) in [6.45, 7) is 0. The first kappa shape index (κ1) is 11.4. The summed E-state index contributed by atoms with van der Waals surface area (Å²) in [6, 6.07) is 9.08. The van der Waals surface area contributed by atoms with E-state index in [0.717, 1.165) is 23.7 Å². The van der Waals surface area contributed by atoms with E-state index in [4.69, 9.17) is 0 Å². The Hall–Kier alpha value is -0.670. The molecular formula is C14H16BrNO. The van der Waals surface area contributed by atoms with Gasteiger partial charge in [0.1, 0.15) is 5.78 Å². The van der Waals surface area contributed by atoms with Gasteiger partial charge in [0.25, 0.3) is 0 Å². The fraction of sp³-hybridized carbons (Fsp3) is 0.500. The largest absolute Gasteiger partial charge is 0.310 e. The molecule has 2 heterocycles. The van der Waals surface area contributed by atoms with E-state index >= 15 is 0 Å². The Labute approximate surface area is 110 Å². The summed E-state index contributed by atoms with van der Waals surface area (Å²) in [7, 11) is 0. The number of hydrogen-bond donors (Lipinski definition) is 1. The van der Waals surface area contributed by atoms with Crippen LogP contribution in [0, 0.1) is 5.92 Å². The summed E-state index contributed by atoms with van der Waals surface area (Å²) in [5.74, 6) is 0.624. The van der Waals surface area contributed by atoms with Gasteiger partial charge in [0.05, 0.1) is 0 Å². The normalized spacial score (nSPS) is 31.8.